The molecule has 306 valence electrons. The van der Waals surface area contributed by atoms with E-state index in [9.17, 15) is 44.7 Å². The van der Waals surface area contributed by atoms with Gasteiger partial charge in [0.15, 0.2) is 11.8 Å². The number of carbonyl (C=O) groups is 2. The number of rotatable bonds is 13. The summed E-state index contributed by atoms with van der Waals surface area (Å²) in [5.41, 5.74) is 2.90. The second-order valence-electron chi connectivity index (χ2n) is 14.4. The van der Waals surface area contributed by atoms with E-state index in [1.165, 1.54) is 30.3 Å². The third kappa shape index (κ3) is 8.99. The van der Waals surface area contributed by atoms with Crippen LogP contribution < -0.4 is 11.1 Å². The quantitative estimate of drug-likeness (QED) is 0.0781. The number of hydrogen-bond donors (Lipinski definition) is 2. The number of nitrogens with two attached hydrogens (primary N) is 1. The SMILES string of the molecule is CC(C)(CCN=C(N)N(C(=O)c1ccc(-c2cnn(C3CC3)c2)cc1)[C@H](COC(=O)NC1(C(F)(F)F)CC1)c1ccc(Cl)c(-c2ncnn2C(F)F)c1)C(F)(F)F. The number of amides is 2. The van der Waals surface area contributed by atoms with Gasteiger partial charge in [-0.1, -0.05) is 43.6 Å². The van der Waals surface area contributed by atoms with Gasteiger partial charge in [0.05, 0.1) is 28.7 Å². The summed E-state index contributed by atoms with van der Waals surface area (Å²) in [7, 11) is 0. The fraction of sp³-hybridized carbons (Fsp3) is 0.444. The number of guanidine groups is 1. The first-order chi connectivity index (χ1) is 26.7. The molecule has 2 aliphatic rings. The second-order valence-corrected chi connectivity index (χ2v) is 14.8. The number of nitrogens with one attached hydrogen (secondary N) is 1. The summed E-state index contributed by atoms with van der Waals surface area (Å²) in [4.78, 5) is 36.2. The normalized spacial score (nSPS) is 16.4. The highest BCUT2D eigenvalue weighted by molar-refractivity contribution is 6.33. The maximum Gasteiger partial charge on any atom is 0.411 e. The molecule has 12 nitrogen and oxygen atoms in total. The van der Waals surface area contributed by atoms with E-state index in [4.69, 9.17) is 22.1 Å². The van der Waals surface area contributed by atoms with Crippen LogP contribution in [0.5, 0.6) is 0 Å². The lowest BCUT2D eigenvalue weighted by atomic mass is 9.89. The summed E-state index contributed by atoms with van der Waals surface area (Å²) in [6.45, 7) is -2.71. The predicted octanol–water partition coefficient (Wildman–Crippen LogP) is 8.49. The number of hydrogen-bond acceptors (Lipinski definition) is 7. The highest BCUT2D eigenvalue weighted by atomic mass is 35.5. The van der Waals surface area contributed by atoms with Crippen molar-refractivity contribution in [1.29, 1.82) is 0 Å². The highest BCUT2D eigenvalue weighted by Gasteiger charge is 2.64. The molecule has 2 aromatic carbocycles. The molecule has 2 heterocycles. The molecule has 2 aromatic heterocycles. The lowest BCUT2D eigenvalue weighted by Crippen LogP contribution is -2.49. The van der Waals surface area contributed by atoms with E-state index in [0.29, 0.717) is 11.6 Å². The van der Waals surface area contributed by atoms with Crippen molar-refractivity contribution in [3.8, 4) is 22.5 Å². The van der Waals surface area contributed by atoms with Crippen LogP contribution in [-0.2, 0) is 4.74 Å². The van der Waals surface area contributed by atoms with Crippen molar-refractivity contribution in [3.05, 3.63) is 77.3 Å². The van der Waals surface area contributed by atoms with Crippen LogP contribution in [0, 0.1) is 5.41 Å². The molecule has 0 aliphatic heterocycles. The Morgan fingerprint density at radius 2 is 1.74 bits per heavy atom. The number of ether oxygens (including phenoxy) is 1. The molecular formula is C36H36ClF8N9O3. The monoisotopic (exact) mass is 829 g/mol. The first-order valence-electron chi connectivity index (χ1n) is 17.6. The van der Waals surface area contributed by atoms with E-state index in [2.05, 4.69) is 20.2 Å². The fourth-order valence-electron chi connectivity index (χ4n) is 5.86. The van der Waals surface area contributed by atoms with Crippen LogP contribution in [0.3, 0.4) is 0 Å². The maximum atomic E-state index is 14.5. The lowest BCUT2D eigenvalue weighted by Gasteiger charge is -2.32. The largest absolute Gasteiger partial charge is 0.447 e. The van der Waals surface area contributed by atoms with Crippen molar-refractivity contribution in [2.45, 2.75) is 82.5 Å². The van der Waals surface area contributed by atoms with Gasteiger partial charge < -0.3 is 15.8 Å². The van der Waals surface area contributed by atoms with Gasteiger partial charge in [-0.3, -0.25) is 19.4 Å². The zero-order chi connectivity index (χ0) is 41.5. The molecule has 2 amide bonds. The Labute approximate surface area is 325 Å². The van der Waals surface area contributed by atoms with Gasteiger partial charge in [-0.25, -0.2) is 9.78 Å². The van der Waals surface area contributed by atoms with Crippen molar-refractivity contribution < 1.29 is 49.4 Å². The van der Waals surface area contributed by atoms with Crippen LogP contribution in [-0.4, -0.2) is 78.4 Å². The zero-order valence-electron chi connectivity index (χ0n) is 30.3. The highest BCUT2D eigenvalue weighted by Crippen LogP contribution is 2.49. The number of alkyl carbamates (subject to hydrolysis) is 1. The average Bonchev–Trinajstić information content (AvgIpc) is 4.04. The van der Waals surface area contributed by atoms with Gasteiger partial charge >= 0.3 is 25.0 Å². The van der Waals surface area contributed by atoms with E-state index in [1.807, 2.05) is 16.2 Å². The topological polar surface area (TPSA) is 146 Å². The molecular weight excluding hydrogens is 794 g/mol. The summed E-state index contributed by atoms with van der Waals surface area (Å²) in [5.74, 6) is -1.98. The molecule has 0 bridgehead atoms. The Morgan fingerprint density at radius 1 is 1.05 bits per heavy atom. The zero-order valence-corrected chi connectivity index (χ0v) is 31.0. The van der Waals surface area contributed by atoms with Gasteiger partial charge in [-0.2, -0.15) is 50.0 Å². The molecule has 3 N–H and O–H groups in total. The number of aliphatic imine (C=N–C) groups is 1. The van der Waals surface area contributed by atoms with Crippen LogP contribution in [0.4, 0.5) is 39.9 Å². The molecule has 2 fully saturated rings. The Balaban J connectivity index is 1.40. The van der Waals surface area contributed by atoms with Gasteiger partial charge in [0, 0.05) is 29.4 Å². The first-order valence-corrected chi connectivity index (χ1v) is 17.9. The number of benzene rings is 2. The van der Waals surface area contributed by atoms with Crippen LogP contribution in [0.25, 0.3) is 22.5 Å². The summed E-state index contributed by atoms with van der Waals surface area (Å²) in [6.07, 6.45) is -5.97. The molecule has 4 aromatic rings. The molecule has 2 aliphatic carbocycles. The average molecular weight is 830 g/mol. The summed E-state index contributed by atoms with van der Waals surface area (Å²) in [5, 5.41) is 9.59. The van der Waals surface area contributed by atoms with Gasteiger partial charge in [0.1, 0.15) is 18.5 Å². The minimum atomic E-state index is -4.80. The van der Waals surface area contributed by atoms with Crippen molar-refractivity contribution in [3.63, 3.8) is 0 Å². The molecule has 0 radical (unpaired) electrons. The van der Waals surface area contributed by atoms with Crippen molar-refractivity contribution >= 4 is 29.6 Å². The lowest BCUT2D eigenvalue weighted by molar-refractivity contribution is -0.212. The van der Waals surface area contributed by atoms with Crippen molar-refractivity contribution in [1.82, 2.24) is 34.8 Å². The van der Waals surface area contributed by atoms with Crippen LogP contribution in [0.2, 0.25) is 5.02 Å². The molecule has 0 spiro atoms. The number of nitrogens with zero attached hydrogens (tertiary/aromatic N) is 7. The predicted molar refractivity (Wildman–Crippen MR) is 190 cm³/mol. The Kier molecular flexibility index (Phi) is 11.3. The molecule has 21 heteroatoms. The van der Waals surface area contributed by atoms with Gasteiger partial charge in [0.2, 0.25) is 0 Å². The van der Waals surface area contributed by atoms with Gasteiger partial charge in [0.25, 0.3) is 5.91 Å². The van der Waals surface area contributed by atoms with E-state index in [0.717, 1.165) is 43.5 Å². The van der Waals surface area contributed by atoms with E-state index in [-0.39, 0.29) is 26.4 Å². The number of carbonyl (C=O) groups excluding carboxylic acids is 2. The smallest absolute Gasteiger partial charge is 0.411 e. The van der Waals surface area contributed by atoms with E-state index in [1.54, 1.807) is 18.3 Å². The molecule has 57 heavy (non-hydrogen) atoms. The number of alkyl halides is 8. The Bertz CT molecular complexity index is 2130. The second kappa shape index (κ2) is 15.6. The summed E-state index contributed by atoms with van der Waals surface area (Å²) < 4.78 is 117. The van der Waals surface area contributed by atoms with Crippen LogP contribution in [0.15, 0.2) is 66.2 Å². The van der Waals surface area contributed by atoms with Gasteiger partial charge in [-0.15, -0.1) is 0 Å². The number of aromatic nitrogens is 5. The Morgan fingerprint density at radius 3 is 2.33 bits per heavy atom. The van der Waals surface area contributed by atoms with Crippen molar-refractivity contribution in [2.75, 3.05) is 13.2 Å². The standard InChI is InChI=1S/C36H36ClF8N9O3/c1-33(2,35(40,41)42)13-14-47-31(46)53(29(55)21-5-3-20(4-6-21)23-16-49-52(17-23)24-8-9-24)27(18-57-32(56)51-34(11-12-34)36(43,44)45)22-7-10-26(37)25(15-22)28-48-19-50-54(28)30(38)39/h3-7,10,15-17,19,24,27,30H,8-9,11-14,18H2,1-2H3,(H2,46,47)(H,51,56)/t27-/m1/s1. The molecule has 0 unspecified atom stereocenters. The molecule has 6 rings (SSSR count). The van der Waals surface area contributed by atoms with Crippen LogP contribution >= 0.6 is 11.6 Å². The molecule has 2 saturated carbocycles. The minimum absolute atomic E-state index is 0.0193. The maximum absolute atomic E-state index is 14.5. The third-order valence-corrected chi connectivity index (χ3v) is 10.3. The molecule has 0 saturated heterocycles. The minimum Gasteiger partial charge on any atom is -0.447 e. The van der Waals surface area contributed by atoms with Crippen LogP contribution in [0.1, 0.15) is 80.5 Å². The molecule has 1 atom stereocenters. The van der Waals surface area contributed by atoms with Crippen molar-refractivity contribution in [2.24, 2.45) is 16.1 Å². The first kappa shape index (κ1) is 41.4. The van der Waals surface area contributed by atoms with E-state index < -0.39 is 92.1 Å². The third-order valence-electron chi connectivity index (χ3n) is 9.92. The fourth-order valence-corrected chi connectivity index (χ4v) is 6.06. The van der Waals surface area contributed by atoms with E-state index >= 15 is 0 Å². The van der Waals surface area contributed by atoms with Gasteiger partial charge in [-0.05, 0) is 67.5 Å². The Hall–Kier alpha value is -5.27. The summed E-state index contributed by atoms with van der Waals surface area (Å²) in [6, 6.07) is 8.57. The summed E-state index contributed by atoms with van der Waals surface area (Å²) >= 11 is 6.40. The number of halogens is 9.